The van der Waals surface area contributed by atoms with Crippen molar-refractivity contribution in [3.8, 4) is 6.07 Å². The maximum atomic E-state index is 13.2. The number of benzene rings is 1. The number of carbonyl (C=O) groups excluding carboxylic acids is 2. The van der Waals surface area contributed by atoms with Crippen LogP contribution < -0.4 is 16.0 Å². The molecule has 2 rings (SSSR count). The molecule has 3 amide bonds. The van der Waals surface area contributed by atoms with E-state index in [0.29, 0.717) is 6.54 Å². The highest BCUT2D eigenvalue weighted by molar-refractivity contribution is 5.86. The van der Waals surface area contributed by atoms with Gasteiger partial charge in [-0.15, -0.1) is 0 Å². The normalized spacial score (nSPS) is 17.4. The average molecular weight is 383 g/mol. The number of alkyl halides is 3. The Balaban J connectivity index is 2.29. The fraction of sp³-hybridized carbons (Fsp3) is 0.471. The van der Waals surface area contributed by atoms with E-state index in [1.54, 1.807) is 0 Å². The number of nitrogens with one attached hydrogen (secondary N) is 1. The maximum absolute atomic E-state index is 13.2. The zero-order valence-electron chi connectivity index (χ0n) is 14.7. The second-order valence-electron chi connectivity index (χ2n) is 6.13. The van der Waals surface area contributed by atoms with Crippen molar-refractivity contribution in [2.24, 2.45) is 5.73 Å². The minimum atomic E-state index is -4.70. The third-order valence-corrected chi connectivity index (χ3v) is 4.28. The van der Waals surface area contributed by atoms with Gasteiger partial charge in [-0.25, -0.2) is 4.79 Å². The van der Waals surface area contributed by atoms with Crippen LogP contribution >= 0.6 is 0 Å². The summed E-state index contributed by atoms with van der Waals surface area (Å²) in [7, 11) is 0. The molecule has 1 atom stereocenters. The van der Waals surface area contributed by atoms with Gasteiger partial charge in [-0.2, -0.15) is 18.4 Å². The number of nitrogens with zero attached hydrogens (tertiary/aromatic N) is 3. The number of anilines is 1. The van der Waals surface area contributed by atoms with E-state index >= 15 is 0 Å². The lowest BCUT2D eigenvalue weighted by molar-refractivity contribution is -0.137. The summed E-state index contributed by atoms with van der Waals surface area (Å²) in [6, 6.07) is 3.44. The first-order chi connectivity index (χ1) is 12.7. The summed E-state index contributed by atoms with van der Waals surface area (Å²) in [5, 5.41) is 11.6. The summed E-state index contributed by atoms with van der Waals surface area (Å²) < 4.78 is 39.6. The zero-order chi connectivity index (χ0) is 20.2. The summed E-state index contributed by atoms with van der Waals surface area (Å²) in [5.41, 5.74) is 3.97. The van der Waals surface area contributed by atoms with E-state index in [9.17, 15) is 22.8 Å². The van der Waals surface area contributed by atoms with E-state index in [-0.39, 0.29) is 31.4 Å². The lowest BCUT2D eigenvalue weighted by atomic mass is 10.0. The predicted octanol–water partition coefficient (Wildman–Crippen LogP) is 1.67. The van der Waals surface area contributed by atoms with Gasteiger partial charge in [0.1, 0.15) is 6.04 Å². The van der Waals surface area contributed by atoms with Gasteiger partial charge in [0.2, 0.25) is 5.91 Å². The van der Waals surface area contributed by atoms with Crippen LogP contribution in [0.2, 0.25) is 0 Å². The highest BCUT2D eigenvalue weighted by Gasteiger charge is 2.37. The molecule has 0 spiro atoms. The molecule has 1 aromatic carbocycles. The molecule has 0 radical (unpaired) electrons. The fourth-order valence-corrected chi connectivity index (χ4v) is 2.91. The van der Waals surface area contributed by atoms with Gasteiger partial charge in [-0.3, -0.25) is 4.79 Å². The van der Waals surface area contributed by atoms with Crippen LogP contribution in [-0.4, -0.2) is 49.1 Å². The van der Waals surface area contributed by atoms with Crippen LogP contribution in [0.1, 0.15) is 24.5 Å². The number of rotatable bonds is 4. The van der Waals surface area contributed by atoms with Crippen LogP contribution in [0.5, 0.6) is 0 Å². The number of nitrogens with two attached hydrogens (primary N) is 1. The SMILES string of the molecule is CCCNC(=O)N1CCN(c2ccc(C#N)c(C(F)(F)F)c2)C(C(N)=O)C1. The number of nitriles is 1. The molecule has 1 aliphatic rings. The molecule has 1 saturated heterocycles. The molecule has 7 nitrogen and oxygen atoms in total. The second kappa shape index (κ2) is 8.16. The van der Waals surface area contributed by atoms with Crippen LogP contribution in [-0.2, 0) is 11.0 Å². The summed E-state index contributed by atoms with van der Waals surface area (Å²) in [6.45, 7) is 2.70. The monoisotopic (exact) mass is 383 g/mol. The predicted molar refractivity (Wildman–Crippen MR) is 91.8 cm³/mol. The third kappa shape index (κ3) is 4.61. The first-order valence-electron chi connectivity index (χ1n) is 8.39. The second-order valence-corrected chi connectivity index (χ2v) is 6.13. The minimum absolute atomic E-state index is 0.0355. The van der Waals surface area contributed by atoms with Crippen molar-refractivity contribution < 1.29 is 22.8 Å². The molecule has 3 N–H and O–H groups in total. The quantitative estimate of drug-likeness (QED) is 0.826. The number of hydrogen-bond donors (Lipinski definition) is 2. The molecular formula is C17H20F3N5O2. The Bertz CT molecular complexity index is 760. The number of hydrogen-bond acceptors (Lipinski definition) is 4. The Morgan fingerprint density at radius 3 is 2.63 bits per heavy atom. The molecule has 1 fully saturated rings. The number of primary amides is 1. The Kier molecular flexibility index (Phi) is 6.15. The van der Waals surface area contributed by atoms with Crippen LogP contribution in [0.4, 0.5) is 23.7 Å². The van der Waals surface area contributed by atoms with E-state index in [0.717, 1.165) is 18.6 Å². The van der Waals surface area contributed by atoms with Gasteiger partial charge < -0.3 is 20.9 Å². The highest BCUT2D eigenvalue weighted by Crippen LogP contribution is 2.35. The van der Waals surface area contributed by atoms with Gasteiger partial charge in [-0.05, 0) is 24.6 Å². The van der Waals surface area contributed by atoms with Crippen molar-refractivity contribution >= 4 is 17.6 Å². The average Bonchev–Trinajstić information content (AvgIpc) is 2.64. The maximum Gasteiger partial charge on any atom is 0.417 e. The lowest BCUT2D eigenvalue weighted by Crippen LogP contribution is -2.61. The number of urea groups is 1. The Morgan fingerprint density at radius 2 is 2.07 bits per heavy atom. The van der Waals surface area contributed by atoms with E-state index in [4.69, 9.17) is 11.0 Å². The van der Waals surface area contributed by atoms with Crippen LogP contribution in [0.3, 0.4) is 0 Å². The summed E-state index contributed by atoms with van der Waals surface area (Å²) >= 11 is 0. The van der Waals surface area contributed by atoms with Gasteiger partial charge in [0.05, 0.1) is 23.7 Å². The first kappa shape index (κ1) is 20.4. The molecule has 1 aromatic rings. The van der Waals surface area contributed by atoms with Gasteiger partial charge in [0, 0.05) is 25.3 Å². The van der Waals surface area contributed by atoms with Crippen molar-refractivity contribution in [2.45, 2.75) is 25.6 Å². The summed E-state index contributed by atoms with van der Waals surface area (Å²) in [4.78, 5) is 26.8. The molecule has 1 aliphatic heterocycles. The highest BCUT2D eigenvalue weighted by atomic mass is 19.4. The molecule has 0 saturated carbocycles. The van der Waals surface area contributed by atoms with Gasteiger partial charge in [-0.1, -0.05) is 6.92 Å². The smallest absolute Gasteiger partial charge is 0.368 e. The molecular weight excluding hydrogens is 363 g/mol. The number of carbonyl (C=O) groups is 2. The van der Waals surface area contributed by atoms with E-state index in [1.807, 2.05) is 6.92 Å². The molecule has 1 unspecified atom stereocenters. The topological polar surface area (TPSA) is 102 Å². The van der Waals surface area contributed by atoms with E-state index in [2.05, 4.69) is 5.32 Å². The molecule has 27 heavy (non-hydrogen) atoms. The van der Waals surface area contributed by atoms with Crippen molar-refractivity contribution in [1.82, 2.24) is 10.2 Å². The van der Waals surface area contributed by atoms with Crippen LogP contribution in [0, 0.1) is 11.3 Å². The fourth-order valence-electron chi connectivity index (χ4n) is 2.91. The first-order valence-corrected chi connectivity index (χ1v) is 8.39. The third-order valence-electron chi connectivity index (χ3n) is 4.28. The number of amides is 3. The van der Waals surface area contributed by atoms with Gasteiger partial charge in [0.25, 0.3) is 0 Å². The molecule has 0 aliphatic carbocycles. The van der Waals surface area contributed by atoms with Crippen molar-refractivity contribution in [3.05, 3.63) is 29.3 Å². The van der Waals surface area contributed by atoms with Crippen molar-refractivity contribution in [2.75, 3.05) is 31.1 Å². The Morgan fingerprint density at radius 1 is 1.37 bits per heavy atom. The van der Waals surface area contributed by atoms with Crippen LogP contribution in [0.25, 0.3) is 0 Å². The zero-order valence-corrected chi connectivity index (χ0v) is 14.7. The molecule has 0 aromatic heterocycles. The number of halogens is 3. The van der Waals surface area contributed by atoms with E-state index in [1.165, 1.54) is 21.9 Å². The van der Waals surface area contributed by atoms with E-state index < -0.39 is 29.3 Å². The van der Waals surface area contributed by atoms with Crippen molar-refractivity contribution in [3.63, 3.8) is 0 Å². The lowest BCUT2D eigenvalue weighted by Gasteiger charge is -2.41. The molecule has 1 heterocycles. The molecule has 146 valence electrons. The molecule has 10 heteroatoms. The van der Waals surface area contributed by atoms with Gasteiger partial charge >= 0.3 is 12.2 Å². The standard InChI is InChI=1S/C17H20F3N5O2/c1-2-5-23-16(27)24-6-7-25(14(10-24)15(22)26)12-4-3-11(9-21)13(8-12)17(18,19)20/h3-4,8,14H,2,5-7,10H2,1H3,(H2,22,26)(H,23,27). The number of piperazine rings is 1. The van der Waals surface area contributed by atoms with Gasteiger partial charge in [0.15, 0.2) is 0 Å². The molecule has 0 bridgehead atoms. The van der Waals surface area contributed by atoms with Crippen LogP contribution in [0.15, 0.2) is 18.2 Å². The Hall–Kier alpha value is -2.96. The van der Waals surface area contributed by atoms with Crippen molar-refractivity contribution in [1.29, 1.82) is 5.26 Å². The summed E-state index contributed by atoms with van der Waals surface area (Å²) in [6.07, 6.45) is -3.96. The minimum Gasteiger partial charge on any atom is -0.368 e. The summed E-state index contributed by atoms with van der Waals surface area (Å²) in [5.74, 6) is -0.749. The Labute approximate surface area is 154 Å². The largest absolute Gasteiger partial charge is 0.417 e.